The maximum atomic E-state index is 11.9. The molecule has 1 heterocycles. The quantitative estimate of drug-likeness (QED) is 0.623. The fraction of sp³-hybridized carbons (Fsp3) is 0.273. The van der Waals surface area contributed by atoms with Crippen LogP contribution in [-0.4, -0.2) is 24.7 Å². The van der Waals surface area contributed by atoms with E-state index in [2.05, 4.69) is 4.72 Å². The lowest BCUT2D eigenvalue weighted by Crippen LogP contribution is -2.41. The molecule has 0 bridgehead atoms. The summed E-state index contributed by atoms with van der Waals surface area (Å²) in [5.41, 5.74) is 0.574. The van der Waals surface area contributed by atoms with Crippen LogP contribution in [0.4, 0.5) is 0 Å². The number of fused-ring (bicyclic) bond motifs is 1. The van der Waals surface area contributed by atoms with Crippen LogP contribution >= 0.6 is 11.9 Å². The highest BCUT2D eigenvalue weighted by Crippen LogP contribution is 2.30. The Kier molecular flexibility index (Phi) is 2.98. The summed E-state index contributed by atoms with van der Waals surface area (Å²) in [6, 6.07) is 4.47. The van der Waals surface area contributed by atoms with E-state index in [4.69, 9.17) is 4.74 Å². The number of methoxy groups -OCH3 is 1. The van der Waals surface area contributed by atoms with E-state index < -0.39 is 6.04 Å². The normalized spacial score (nSPS) is 19.1. The van der Waals surface area contributed by atoms with Crippen molar-refractivity contribution in [1.82, 2.24) is 4.72 Å². The largest absolute Gasteiger partial charge is 0.497 e. The number of nitrogens with one attached hydrogen (secondary N) is 1. The molecule has 1 atom stereocenters. The lowest BCUT2D eigenvalue weighted by molar-refractivity contribution is -0.117. The number of hydrogen-bond acceptors (Lipinski definition) is 5. The van der Waals surface area contributed by atoms with Crippen molar-refractivity contribution in [2.45, 2.75) is 17.9 Å². The second kappa shape index (κ2) is 4.27. The molecule has 0 saturated carbocycles. The molecule has 84 valence electrons. The summed E-state index contributed by atoms with van der Waals surface area (Å²) in [5.74, 6) is 0.352. The molecule has 1 unspecified atom stereocenters. The second-order valence-corrected chi connectivity index (χ2v) is 4.37. The Bertz CT molecular complexity index is 459. The molecule has 0 aromatic heterocycles. The van der Waals surface area contributed by atoms with Gasteiger partial charge in [-0.05, 0) is 37.1 Å². The number of rotatable bonds is 2. The van der Waals surface area contributed by atoms with Gasteiger partial charge in [0, 0.05) is 10.5 Å². The number of carbonyl (C=O) groups excluding carboxylic acids is 2. The summed E-state index contributed by atoms with van der Waals surface area (Å²) < 4.78 is 7.91. The topological polar surface area (TPSA) is 55.4 Å². The maximum absolute atomic E-state index is 11.9. The van der Waals surface area contributed by atoms with Crippen molar-refractivity contribution in [2.24, 2.45) is 0 Å². The summed E-state index contributed by atoms with van der Waals surface area (Å²) in [6.07, 6.45) is 0. The van der Waals surface area contributed by atoms with Crippen LogP contribution in [0.5, 0.6) is 5.75 Å². The first-order chi connectivity index (χ1) is 7.63. The van der Waals surface area contributed by atoms with Crippen LogP contribution in [0.25, 0.3) is 0 Å². The number of hydrogen-bond donors (Lipinski definition) is 1. The van der Waals surface area contributed by atoms with Crippen LogP contribution < -0.4 is 9.46 Å². The first-order valence-corrected chi connectivity index (χ1v) is 5.60. The molecule has 1 aliphatic heterocycles. The Morgan fingerprint density at radius 3 is 2.88 bits per heavy atom. The lowest BCUT2D eigenvalue weighted by Gasteiger charge is -2.22. The van der Waals surface area contributed by atoms with E-state index in [1.54, 1.807) is 25.3 Å². The minimum atomic E-state index is -0.731. The Morgan fingerprint density at radius 2 is 2.25 bits per heavy atom. The molecule has 1 aromatic carbocycles. The minimum Gasteiger partial charge on any atom is -0.497 e. The van der Waals surface area contributed by atoms with Gasteiger partial charge < -0.3 is 4.74 Å². The average molecular weight is 237 g/mol. The van der Waals surface area contributed by atoms with E-state index in [0.29, 0.717) is 11.3 Å². The molecule has 4 nitrogen and oxygen atoms in total. The van der Waals surface area contributed by atoms with Gasteiger partial charge >= 0.3 is 0 Å². The summed E-state index contributed by atoms with van der Waals surface area (Å²) in [5, 5.41) is 0. The number of ether oxygens (including phenoxy) is 1. The van der Waals surface area contributed by atoms with Gasteiger partial charge in [0.2, 0.25) is 0 Å². The zero-order chi connectivity index (χ0) is 11.7. The van der Waals surface area contributed by atoms with Gasteiger partial charge in [-0.2, -0.15) is 0 Å². The molecule has 1 aliphatic rings. The van der Waals surface area contributed by atoms with Crippen LogP contribution in [0.3, 0.4) is 0 Å². The van der Waals surface area contributed by atoms with E-state index in [-0.39, 0.29) is 11.6 Å². The van der Waals surface area contributed by atoms with Crippen molar-refractivity contribution in [3.63, 3.8) is 0 Å². The third-order valence-corrected chi connectivity index (χ3v) is 3.32. The van der Waals surface area contributed by atoms with Crippen LogP contribution in [-0.2, 0) is 4.79 Å². The fourth-order valence-electron chi connectivity index (χ4n) is 1.52. The molecule has 1 N–H and O–H groups in total. The third kappa shape index (κ3) is 1.83. The Labute approximate surface area is 97.5 Å². The first kappa shape index (κ1) is 11.2. The monoisotopic (exact) mass is 237 g/mol. The summed E-state index contributed by atoms with van der Waals surface area (Å²) in [7, 11) is 1.57. The zero-order valence-corrected chi connectivity index (χ0v) is 9.76. The minimum absolute atomic E-state index is 0.168. The molecule has 0 radical (unpaired) electrons. The molecule has 0 fully saturated rings. The predicted octanol–water partition coefficient (Wildman–Crippen LogP) is 1.45. The van der Waals surface area contributed by atoms with Crippen LogP contribution in [0.15, 0.2) is 23.1 Å². The molecule has 1 aromatic rings. The second-order valence-electron chi connectivity index (χ2n) is 3.49. The van der Waals surface area contributed by atoms with E-state index >= 15 is 0 Å². The molecule has 0 saturated heterocycles. The molecule has 0 amide bonds. The number of ketones is 2. The summed E-state index contributed by atoms with van der Waals surface area (Å²) in [6.45, 7) is 1.41. The molecule has 16 heavy (non-hydrogen) atoms. The highest BCUT2D eigenvalue weighted by Gasteiger charge is 2.30. The van der Waals surface area contributed by atoms with Gasteiger partial charge in [0.1, 0.15) is 11.8 Å². The van der Waals surface area contributed by atoms with Gasteiger partial charge in [-0.3, -0.25) is 9.59 Å². The molecular formula is C11H11NO3S. The van der Waals surface area contributed by atoms with E-state index in [1.165, 1.54) is 18.9 Å². The van der Waals surface area contributed by atoms with Crippen LogP contribution in [0.2, 0.25) is 0 Å². The molecule has 0 aliphatic carbocycles. The molecular weight excluding hydrogens is 226 g/mol. The highest BCUT2D eigenvalue weighted by atomic mass is 32.2. The Balaban J connectivity index is 2.39. The SMILES string of the molecule is COc1ccc2c(c1)SNC(C(C)=O)C2=O. The molecule has 5 heteroatoms. The van der Waals surface area contributed by atoms with Crippen molar-refractivity contribution in [2.75, 3.05) is 7.11 Å². The Morgan fingerprint density at radius 1 is 1.50 bits per heavy atom. The number of Topliss-reactive ketones (excluding diaryl/α,β-unsaturated/α-hetero) is 2. The van der Waals surface area contributed by atoms with Gasteiger partial charge in [0.15, 0.2) is 11.6 Å². The van der Waals surface area contributed by atoms with E-state index in [9.17, 15) is 9.59 Å². The van der Waals surface area contributed by atoms with Crippen molar-refractivity contribution in [3.8, 4) is 5.75 Å². The van der Waals surface area contributed by atoms with Crippen molar-refractivity contribution in [3.05, 3.63) is 23.8 Å². The highest BCUT2D eigenvalue weighted by molar-refractivity contribution is 7.97. The number of carbonyl (C=O) groups is 2. The lowest BCUT2D eigenvalue weighted by atomic mass is 10.0. The smallest absolute Gasteiger partial charge is 0.189 e. The summed E-state index contributed by atoms with van der Waals surface area (Å²) in [4.78, 5) is 23.9. The molecule has 2 rings (SSSR count). The van der Waals surface area contributed by atoms with Crippen molar-refractivity contribution in [1.29, 1.82) is 0 Å². The first-order valence-electron chi connectivity index (χ1n) is 4.78. The average Bonchev–Trinajstić information content (AvgIpc) is 2.28. The van der Waals surface area contributed by atoms with E-state index in [0.717, 1.165) is 4.90 Å². The number of benzene rings is 1. The van der Waals surface area contributed by atoms with Crippen LogP contribution in [0.1, 0.15) is 17.3 Å². The van der Waals surface area contributed by atoms with E-state index in [1.807, 2.05) is 0 Å². The van der Waals surface area contributed by atoms with Gasteiger partial charge in [-0.25, -0.2) is 4.72 Å². The predicted molar refractivity (Wildman–Crippen MR) is 60.8 cm³/mol. The standard InChI is InChI=1S/C11H11NO3S/c1-6(13)10-11(14)8-4-3-7(15-2)5-9(8)16-12-10/h3-5,10,12H,1-2H3. The van der Waals surface area contributed by atoms with Crippen molar-refractivity contribution < 1.29 is 14.3 Å². The Hall–Kier alpha value is -1.33. The van der Waals surface area contributed by atoms with Gasteiger partial charge in [-0.15, -0.1) is 0 Å². The third-order valence-electron chi connectivity index (χ3n) is 2.41. The van der Waals surface area contributed by atoms with Crippen molar-refractivity contribution >= 4 is 23.5 Å². The van der Waals surface area contributed by atoms with Gasteiger partial charge in [0.25, 0.3) is 0 Å². The maximum Gasteiger partial charge on any atom is 0.189 e. The fourth-order valence-corrected chi connectivity index (χ4v) is 2.49. The van der Waals surface area contributed by atoms with Gasteiger partial charge in [-0.1, -0.05) is 0 Å². The van der Waals surface area contributed by atoms with Crippen LogP contribution in [0, 0.1) is 0 Å². The zero-order valence-electron chi connectivity index (χ0n) is 8.94. The van der Waals surface area contributed by atoms with Gasteiger partial charge in [0.05, 0.1) is 7.11 Å². The molecule has 0 spiro atoms. The summed E-state index contributed by atoms with van der Waals surface area (Å²) >= 11 is 1.29.